The number of aryl methyl sites for hydroxylation is 1. The average molecular weight is 435 g/mol. The zero-order valence-corrected chi connectivity index (χ0v) is 19.1. The van der Waals surface area contributed by atoms with Gasteiger partial charge in [0.05, 0.1) is 6.61 Å². The van der Waals surface area contributed by atoms with Gasteiger partial charge in [-0.1, -0.05) is 35.9 Å². The van der Waals surface area contributed by atoms with Crippen LogP contribution in [-0.4, -0.2) is 54.4 Å². The SMILES string of the molecule is Cc1ccc(C(=O)N2CCC[C@](COc3ccccc3)(CC(=O)N3CCCCC3)C2)cc1. The predicted octanol–water partition coefficient (Wildman–Crippen LogP) is 4.70. The third-order valence-electron chi connectivity index (χ3n) is 6.77. The fourth-order valence-electron chi connectivity index (χ4n) is 4.90. The molecule has 2 fully saturated rings. The van der Waals surface area contributed by atoms with Gasteiger partial charge in [-0.05, 0) is 63.3 Å². The van der Waals surface area contributed by atoms with E-state index in [9.17, 15) is 9.59 Å². The highest BCUT2D eigenvalue weighted by molar-refractivity contribution is 5.94. The minimum atomic E-state index is -0.372. The van der Waals surface area contributed by atoms with Gasteiger partial charge in [-0.15, -0.1) is 0 Å². The molecule has 0 N–H and O–H groups in total. The Morgan fingerprint density at radius 1 is 0.875 bits per heavy atom. The van der Waals surface area contributed by atoms with Crippen LogP contribution in [-0.2, 0) is 4.79 Å². The number of hydrogen-bond acceptors (Lipinski definition) is 3. The molecular formula is C27H34N2O3. The quantitative estimate of drug-likeness (QED) is 0.662. The van der Waals surface area contributed by atoms with Gasteiger partial charge in [0.2, 0.25) is 5.91 Å². The molecule has 32 heavy (non-hydrogen) atoms. The van der Waals surface area contributed by atoms with Crippen LogP contribution in [0.5, 0.6) is 5.75 Å². The maximum Gasteiger partial charge on any atom is 0.253 e. The first-order chi connectivity index (χ1) is 15.5. The van der Waals surface area contributed by atoms with Gasteiger partial charge in [0.1, 0.15) is 5.75 Å². The number of ether oxygens (including phenoxy) is 1. The summed E-state index contributed by atoms with van der Waals surface area (Å²) in [6.45, 7) is 5.42. The highest BCUT2D eigenvalue weighted by atomic mass is 16.5. The summed E-state index contributed by atoms with van der Waals surface area (Å²) in [6.07, 6.45) is 5.55. The molecule has 0 saturated carbocycles. The molecule has 2 heterocycles. The first-order valence-electron chi connectivity index (χ1n) is 11.9. The summed E-state index contributed by atoms with van der Waals surface area (Å²) in [5, 5.41) is 0. The Hall–Kier alpha value is -2.82. The Kier molecular flexibility index (Phi) is 7.13. The first kappa shape index (κ1) is 22.4. The Labute approximate surface area is 191 Å². The van der Waals surface area contributed by atoms with Gasteiger partial charge in [0.15, 0.2) is 0 Å². The lowest BCUT2D eigenvalue weighted by Gasteiger charge is -2.43. The van der Waals surface area contributed by atoms with Crippen molar-refractivity contribution in [3.05, 3.63) is 65.7 Å². The standard InChI is InChI=1S/C27H34N2O3/c1-22-11-13-23(14-12-22)26(31)29-18-8-15-27(20-29,21-32-24-9-4-2-5-10-24)19-25(30)28-16-6-3-7-17-28/h2,4-5,9-14H,3,6-8,15-21H2,1H3/t27-/m0/s1. The Bertz CT molecular complexity index is 906. The van der Waals surface area contributed by atoms with Crippen molar-refractivity contribution < 1.29 is 14.3 Å². The minimum absolute atomic E-state index is 0.0409. The van der Waals surface area contributed by atoms with Gasteiger partial charge in [0.25, 0.3) is 5.91 Å². The Morgan fingerprint density at radius 3 is 2.28 bits per heavy atom. The second-order valence-corrected chi connectivity index (χ2v) is 9.42. The molecule has 4 rings (SSSR count). The lowest BCUT2D eigenvalue weighted by molar-refractivity contribution is -0.136. The van der Waals surface area contributed by atoms with Crippen LogP contribution in [0.25, 0.3) is 0 Å². The summed E-state index contributed by atoms with van der Waals surface area (Å²) in [5.74, 6) is 1.05. The molecule has 2 aromatic rings. The van der Waals surface area contributed by atoms with E-state index in [4.69, 9.17) is 4.74 Å². The largest absolute Gasteiger partial charge is 0.493 e. The van der Waals surface area contributed by atoms with Crippen LogP contribution in [0, 0.1) is 12.3 Å². The Morgan fingerprint density at radius 2 is 1.56 bits per heavy atom. The van der Waals surface area contributed by atoms with Crippen molar-refractivity contribution in [2.45, 2.75) is 45.4 Å². The van der Waals surface area contributed by atoms with Crippen LogP contribution in [0.2, 0.25) is 0 Å². The third kappa shape index (κ3) is 5.50. The van der Waals surface area contributed by atoms with Crippen molar-refractivity contribution in [2.75, 3.05) is 32.8 Å². The van der Waals surface area contributed by atoms with E-state index >= 15 is 0 Å². The van der Waals surface area contributed by atoms with Crippen molar-refractivity contribution >= 4 is 11.8 Å². The number of carbonyl (C=O) groups excluding carboxylic acids is 2. The van der Waals surface area contributed by atoms with E-state index in [2.05, 4.69) is 0 Å². The molecule has 0 spiro atoms. The third-order valence-corrected chi connectivity index (χ3v) is 6.77. The van der Waals surface area contributed by atoms with E-state index in [0.717, 1.165) is 56.6 Å². The van der Waals surface area contributed by atoms with Crippen LogP contribution in [0.1, 0.15) is 54.4 Å². The van der Waals surface area contributed by atoms with Crippen LogP contribution in [0.4, 0.5) is 0 Å². The van der Waals surface area contributed by atoms with Crippen molar-refractivity contribution in [3.63, 3.8) is 0 Å². The van der Waals surface area contributed by atoms with E-state index < -0.39 is 0 Å². The second-order valence-electron chi connectivity index (χ2n) is 9.42. The molecule has 2 saturated heterocycles. The number of para-hydroxylation sites is 1. The van der Waals surface area contributed by atoms with Gasteiger partial charge < -0.3 is 14.5 Å². The number of rotatable bonds is 6. The first-order valence-corrected chi connectivity index (χ1v) is 11.9. The molecule has 5 nitrogen and oxygen atoms in total. The second kappa shape index (κ2) is 10.2. The molecular weight excluding hydrogens is 400 g/mol. The molecule has 1 atom stereocenters. The summed E-state index contributed by atoms with van der Waals surface area (Å²) in [4.78, 5) is 30.4. The van der Waals surface area contributed by atoms with Gasteiger partial charge in [-0.3, -0.25) is 9.59 Å². The zero-order chi connectivity index (χ0) is 22.4. The van der Waals surface area contributed by atoms with E-state index in [1.807, 2.05) is 71.3 Å². The molecule has 2 aliphatic heterocycles. The van der Waals surface area contributed by atoms with E-state index in [1.165, 1.54) is 6.42 Å². The lowest BCUT2D eigenvalue weighted by atomic mass is 9.77. The number of piperidine rings is 2. The fourth-order valence-corrected chi connectivity index (χ4v) is 4.90. The van der Waals surface area contributed by atoms with Crippen LogP contribution in [0.3, 0.4) is 0 Å². The molecule has 2 aliphatic rings. The average Bonchev–Trinajstić information content (AvgIpc) is 2.84. The van der Waals surface area contributed by atoms with E-state index in [0.29, 0.717) is 25.1 Å². The summed E-state index contributed by atoms with van der Waals surface area (Å²) < 4.78 is 6.18. The van der Waals surface area contributed by atoms with Crippen molar-refractivity contribution in [2.24, 2.45) is 5.41 Å². The van der Waals surface area contributed by atoms with Crippen LogP contribution < -0.4 is 4.74 Å². The summed E-state index contributed by atoms with van der Waals surface area (Å²) >= 11 is 0. The molecule has 0 aromatic heterocycles. The molecule has 0 unspecified atom stereocenters. The van der Waals surface area contributed by atoms with Gasteiger partial charge in [-0.25, -0.2) is 0 Å². The molecule has 2 amide bonds. The van der Waals surface area contributed by atoms with Crippen molar-refractivity contribution in [1.29, 1.82) is 0 Å². The maximum atomic E-state index is 13.3. The molecule has 0 aliphatic carbocycles. The van der Waals surface area contributed by atoms with Crippen LogP contribution >= 0.6 is 0 Å². The number of nitrogens with zero attached hydrogens (tertiary/aromatic N) is 2. The summed E-state index contributed by atoms with van der Waals surface area (Å²) in [5.41, 5.74) is 1.47. The van der Waals surface area contributed by atoms with Gasteiger partial charge in [0, 0.05) is 43.6 Å². The van der Waals surface area contributed by atoms with Gasteiger partial charge >= 0.3 is 0 Å². The molecule has 0 radical (unpaired) electrons. The number of likely N-dealkylation sites (tertiary alicyclic amines) is 2. The topological polar surface area (TPSA) is 49.9 Å². The van der Waals surface area contributed by atoms with Crippen molar-refractivity contribution in [3.8, 4) is 5.75 Å². The molecule has 2 aromatic carbocycles. The summed E-state index contributed by atoms with van der Waals surface area (Å²) in [7, 11) is 0. The van der Waals surface area contributed by atoms with Crippen LogP contribution in [0.15, 0.2) is 54.6 Å². The maximum absolute atomic E-state index is 13.3. The predicted molar refractivity (Wildman–Crippen MR) is 126 cm³/mol. The highest BCUT2D eigenvalue weighted by Crippen LogP contribution is 2.36. The summed E-state index contributed by atoms with van der Waals surface area (Å²) in [6, 6.07) is 17.5. The zero-order valence-electron chi connectivity index (χ0n) is 19.1. The number of hydrogen-bond donors (Lipinski definition) is 0. The minimum Gasteiger partial charge on any atom is -0.493 e. The van der Waals surface area contributed by atoms with Gasteiger partial charge in [-0.2, -0.15) is 0 Å². The molecule has 0 bridgehead atoms. The number of benzene rings is 2. The highest BCUT2D eigenvalue weighted by Gasteiger charge is 2.41. The smallest absolute Gasteiger partial charge is 0.253 e. The number of amides is 2. The number of carbonyl (C=O) groups is 2. The van der Waals surface area contributed by atoms with Crippen molar-refractivity contribution in [1.82, 2.24) is 9.80 Å². The lowest BCUT2D eigenvalue weighted by Crippen LogP contribution is -2.51. The van der Waals surface area contributed by atoms with E-state index in [1.54, 1.807) is 0 Å². The normalized spacial score (nSPS) is 21.3. The fraction of sp³-hybridized carbons (Fsp3) is 0.481. The van der Waals surface area contributed by atoms with E-state index in [-0.39, 0.29) is 17.2 Å². The molecule has 170 valence electrons. The monoisotopic (exact) mass is 434 g/mol. The Balaban J connectivity index is 1.52. The molecule has 5 heteroatoms.